The second kappa shape index (κ2) is 8.61. The summed E-state index contributed by atoms with van der Waals surface area (Å²) in [5.74, 6) is 1.15. The maximum absolute atomic E-state index is 12.2. The van der Waals surface area contributed by atoms with Crippen LogP contribution in [0.3, 0.4) is 0 Å². The normalized spacial score (nSPS) is 15.4. The SMILES string of the molecule is O=C(N/N=C/c1cccc(OC(=O)N2CCOCC2)c1)c1ccc2c(c1)OCO2. The van der Waals surface area contributed by atoms with Crippen LogP contribution in [0.15, 0.2) is 47.6 Å². The molecule has 9 heteroatoms. The number of rotatable bonds is 4. The van der Waals surface area contributed by atoms with Crippen molar-refractivity contribution < 1.29 is 28.5 Å². The first-order chi connectivity index (χ1) is 14.2. The standard InChI is InChI=1S/C20H19N3O6/c24-19(15-4-5-17-18(11-15)28-13-27-17)22-21-12-14-2-1-3-16(10-14)29-20(25)23-6-8-26-9-7-23/h1-5,10-12H,6-9,13H2,(H,22,24)/b21-12+. The van der Waals surface area contributed by atoms with Crippen LogP contribution in [0.4, 0.5) is 4.79 Å². The molecule has 2 aliphatic heterocycles. The molecule has 29 heavy (non-hydrogen) atoms. The molecule has 4 rings (SSSR count). The molecule has 0 spiro atoms. The first-order valence-electron chi connectivity index (χ1n) is 9.07. The number of fused-ring (bicyclic) bond motifs is 1. The maximum Gasteiger partial charge on any atom is 0.415 e. The zero-order valence-corrected chi connectivity index (χ0v) is 15.5. The largest absolute Gasteiger partial charge is 0.454 e. The summed E-state index contributed by atoms with van der Waals surface area (Å²) in [7, 11) is 0. The number of hydrogen-bond donors (Lipinski definition) is 1. The average molecular weight is 397 g/mol. The predicted molar refractivity (Wildman–Crippen MR) is 102 cm³/mol. The number of morpholine rings is 1. The van der Waals surface area contributed by atoms with Gasteiger partial charge in [-0.1, -0.05) is 12.1 Å². The van der Waals surface area contributed by atoms with Gasteiger partial charge in [0.1, 0.15) is 5.75 Å². The van der Waals surface area contributed by atoms with Crippen LogP contribution in [0.1, 0.15) is 15.9 Å². The third kappa shape index (κ3) is 4.64. The van der Waals surface area contributed by atoms with Crippen LogP contribution in [-0.4, -0.2) is 56.2 Å². The highest BCUT2D eigenvalue weighted by Crippen LogP contribution is 2.32. The van der Waals surface area contributed by atoms with E-state index in [0.29, 0.717) is 54.7 Å². The number of amides is 2. The lowest BCUT2D eigenvalue weighted by Crippen LogP contribution is -2.42. The molecule has 9 nitrogen and oxygen atoms in total. The number of benzene rings is 2. The van der Waals surface area contributed by atoms with Gasteiger partial charge in [0.2, 0.25) is 6.79 Å². The van der Waals surface area contributed by atoms with Gasteiger partial charge in [0, 0.05) is 18.7 Å². The minimum absolute atomic E-state index is 0.144. The van der Waals surface area contributed by atoms with Crippen LogP contribution in [0.25, 0.3) is 0 Å². The molecule has 0 bridgehead atoms. The summed E-state index contributed by atoms with van der Waals surface area (Å²) in [5.41, 5.74) is 3.53. The molecule has 2 heterocycles. The molecule has 1 fully saturated rings. The predicted octanol–water partition coefficient (Wildman–Crippen LogP) is 2.01. The zero-order valence-electron chi connectivity index (χ0n) is 15.5. The van der Waals surface area contributed by atoms with Gasteiger partial charge in [0.25, 0.3) is 5.91 Å². The first kappa shape index (κ1) is 18.8. The molecule has 0 unspecified atom stereocenters. The zero-order chi connectivity index (χ0) is 20.1. The lowest BCUT2D eigenvalue weighted by Gasteiger charge is -2.25. The summed E-state index contributed by atoms with van der Waals surface area (Å²) in [5, 5.41) is 3.96. The third-order valence-corrected chi connectivity index (χ3v) is 4.35. The summed E-state index contributed by atoms with van der Waals surface area (Å²) < 4.78 is 21.1. The minimum Gasteiger partial charge on any atom is -0.454 e. The number of carbonyl (C=O) groups is 2. The van der Waals surface area contributed by atoms with Crippen molar-refractivity contribution in [2.45, 2.75) is 0 Å². The van der Waals surface area contributed by atoms with E-state index in [0.717, 1.165) is 0 Å². The van der Waals surface area contributed by atoms with Gasteiger partial charge < -0.3 is 23.8 Å². The summed E-state index contributed by atoms with van der Waals surface area (Å²) in [6.07, 6.45) is 1.05. The Hall–Kier alpha value is -3.59. The van der Waals surface area contributed by atoms with Crippen LogP contribution in [-0.2, 0) is 4.74 Å². The van der Waals surface area contributed by atoms with E-state index in [1.807, 2.05) is 0 Å². The molecule has 2 aromatic rings. The molecule has 0 saturated carbocycles. The van der Waals surface area contributed by atoms with Gasteiger partial charge in [-0.25, -0.2) is 10.2 Å². The van der Waals surface area contributed by atoms with E-state index in [9.17, 15) is 9.59 Å². The molecular weight excluding hydrogens is 378 g/mol. The Kier molecular flexibility index (Phi) is 5.57. The van der Waals surface area contributed by atoms with Crippen LogP contribution < -0.4 is 19.6 Å². The van der Waals surface area contributed by atoms with Gasteiger partial charge in [-0.2, -0.15) is 5.10 Å². The fraction of sp³-hybridized carbons (Fsp3) is 0.250. The lowest BCUT2D eigenvalue weighted by molar-refractivity contribution is 0.0416. The van der Waals surface area contributed by atoms with E-state index in [1.165, 1.54) is 6.21 Å². The Labute approximate surface area is 166 Å². The Morgan fingerprint density at radius 1 is 1.07 bits per heavy atom. The summed E-state index contributed by atoms with van der Waals surface area (Å²) >= 11 is 0. The Bertz CT molecular complexity index is 940. The Balaban J connectivity index is 1.34. The van der Waals surface area contributed by atoms with Crippen LogP contribution in [0.2, 0.25) is 0 Å². The number of ether oxygens (including phenoxy) is 4. The highest BCUT2D eigenvalue weighted by atomic mass is 16.7. The van der Waals surface area contributed by atoms with Crippen molar-refractivity contribution in [2.75, 3.05) is 33.1 Å². The van der Waals surface area contributed by atoms with E-state index >= 15 is 0 Å². The Morgan fingerprint density at radius 3 is 2.76 bits per heavy atom. The molecule has 1 saturated heterocycles. The van der Waals surface area contributed by atoms with Crippen molar-refractivity contribution in [3.8, 4) is 17.2 Å². The van der Waals surface area contributed by atoms with Crippen molar-refractivity contribution >= 4 is 18.2 Å². The second-order valence-electron chi connectivity index (χ2n) is 6.31. The Morgan fingerprint density at radius 2 is 1.90 bits per heavy atom. The highest BCUT2D eigenvalue weighted by Gasteiger charge is 2.19. The lowest BCUT2D eigenvalue weighted by atomic mass is 10.2. The molecule has 0 aromatic heterocycles. The molecular formula is C20H19N3O6. The van der Waals surface area contributed by atoms with E-state index in [-0.39, 0.29) is 12.7 Å². The molecule has 2 aliphatic rings. The van der Waals surface area contributed by atoms with Crippen molar-refractivity contribution in [3.05, 3.63) is 53.6 Å². The van der Waals surface area contributed by atoms with Crippen molar-refractivity contribution in [3.63, 3.8) is 0 Å². The quantitative estimate of drug-likeness (QED) is 0.626. The van der Waals surface area contributed by atoms with E-state index in [2.05, 4.69) is 10.5 Å². The summed E-state index contributed by atoms with van der Waals surface area (Å²) in [4.78, 5) is 26.0. The monoisotopic (exact) mass is 397 g/mol. The van der Waals surface area contributed by atoms with Gasteiger partial charge in [0.05, 0.1) is 19.4 Å². The molecule has 2 amide bonds. The number of hydrazone groups is 1. The number of nitrogens with one attached hydrogen (secondary N) is 1. The van der Waals surface area contributed by atoms with Crippen LogP contribution >= 0.6 is 0 Å². The van der Waals surface area contributed by atoms with Gasteiger partial charge in [0.15, 0.2) is 11.5 Å². The van der Waals surface area contributed by atoms with E-state index in [4.69, 9.17) is 18.9 Å². The molecule has 0 radical (unpaired) electrons. The second-order valence-corrected chi connectivity index (χ2v) is 6.31. The summed E-state index contributed by atoms with van der Waals surface area (Å²) in [6.45, 7) is 2.17. The number of nitrogens with zero attached hydrogens (tertiary/aromatic N) is 2. The van der Waals surface area contributed by atoms with Gasteiger partial charge in [-0.05, 0) is 35.9 Å². The topological polar surface area (TPSA) is 98.7 Å². The molecule has 2 aromatic carbocycles. The fourth-order valence-electron chi connectivity index (χ4n) is 2.84. The van der Waals surface area contributed by atoms with Gasteiger partial charge in [-0.15, -0.1) is 0 Å². The third-order valence-electron chi connectivity index (χ3n) is 4.35. The number of carbonyl (C=O) groups excluding carboxylic acids is 2. The average Bonchev–Trinajstić information content (AvgIpc) is 3.22. The van der Waals surface area contributed by atoms with E-state index < -0.39 is 6.09 Å². The first-order valence-corrected chi connectivity index (χ1v) is 9.07. The van der Waals surface area contributed by atoms with Crippen molar-refractivity contribution in [1.82, 2.24) is 10.3 Å². The molecule has 0 atom stereocenters. The highest BCUT2D eigenvalue weighted by molar-refractivity contribution is 5.95. The summed E-state index contributed by atoms with van der Waals surface area (Å²) in [6, 6.07) is 11.8. The van der Waals surface area contributed by atoms with Gasteiger partial charge in [-0.3, -0.25) is 4.79 Å². The molecule has 0 aliphatic carbocycles. The van der Waals surface area contributed by atoms with Crippen LogP contribution in [0.5, 0.6) is 17.2 Å². The molecule has 1 N–H and O–H groups in total. The van der Waals surface area contributed by atoms with Gasteiger partial charge >= 0.3 is 6.09 Å². The van der Waals surface area contributed by atoms with Crippen molar-refractivity contribution in [2.24, 2.45) is 5.10 Å². The maximum atomic E-state index is 12.2. The minimum atomic E-state index is -0.418. The smallest absolute Gasteiger partial charge is 0.415 e. The van der Waals surface area contributed by atoms with Crippen molar-refractivity contribution in [1.29, 1.82) is 0 Å². The fourth-order valence-corrected chi connectivity index (χ4v) is 2.84. The van der Waals surface area contributed by atoms with Crippen LogP contribution in [0, 0.1) is 0 Å². The number of hydrogen-bond acceptors (Lipinski definition) is 7. The van der Waals surface area contributed by atoms with E-state index in [1.54, 1.807) is 47.4 Å². The molecule has 150 valence electrons.